The SMILES string of the molecule is CCc1ccc(N2C(=O)/C(=C/c3ccccc3OCC(=O)Nc3ccccc3)C(=O)NC2=S)cc1. The number of hydrogen-bond donors (Lipinski definition) is 2. The third-order valence-corrected chi connectivity index (χ3v) is 5.62. The van der Waals surface area contributed by atoms with Crippen molar-refractivity contribution in [2.75, 3.05) is 16.8 Å². The Morgan fingerprint density at radius 2 is 1.69 bits per heavy atom. The summed E-state index contributed by atoms with van der Waals surface area (Å²) in [5, 5.41) is 5.34. The number of amides is 3. The van der Waals surface area contributed by atoms with Crippen molar-refractivity contribution in [1.82, 2.24) is 5.32 Å². The lowest BCUT2D eigenvalue weighted by Crippen LogP contribution is -2.54. The Labute approximate surface area is 208 Å². The molecule has 176 valence electrons. The van der Waals surface area contributed by atoms with E-state index in [2.05, 4.69) is 10.6 Å². The van der Waals surface area contributed by atoms with Gasteiger partial charge >= 0.3 is 0 Å². The van der Waals surface area contributed by atoms with Gasteiger partial charge in [-0.25, -0.2) is 0 Å². The zero-order chi connectivity index (χ0) is 24.8. The molecular formula is C27H23N3O4S. The van der Waals surface area contributed by atoms with Gasteiger partial charge in [0.15, 0.2) is 11.7 Å². The van der Waals surface area contributed by atoms with Gasteiger partial charge < -0.3 is 10.1 Å². The van der Waals surface area contributed by atoms with E-state index < -0.39 is 11.8 Å². The Kier molecular flexibility index (Phi) is 7.32. The second-order valence-corrected chi connectivity index (χ2v) is 8.11. The summed E-state index contributed by atoms with van der Waals surface area (Å²) in [6, 6.07) is 23.3. The predicted octanol–water partition coefficient (Wildman–Crippen LogP) is 4.10. The molecule has 1 fully saturated rings. The Morgan fingerprint density at radius 3 is 2.40 bits per heavy atom. The highest BCUT2D eigenvalue weighted by Gasteiger charge is 2.34. The quantitative estimate of drug-likeness (QED) is 0.299. The van der Waals surface area contributed by atoms with E-state index in [9.17, 15) is 14.4 Å². The third-order valence-electron chi connectivity index (χ3n) is 5.34. The molecule has 2 N–H and O–H groups in total. The monoisotopic (exact) mass is 485 g/mol. The molecule has 0 aromatic heterocycles. The van der Waals surface area contributed by atoms with Gasteiger partial charge in [-0.05, 0) is 60.6 Å². The molecular weight excluding hydrogens is 462 g/mol. The van der Waals surface area contributed by atoms with Crippen LogP contribution in [0.3, 0.4) is 0 Å². The highest BCUT2D eigenvalue weighted by molar-refractivity contribution is 7.80. The number of anilines is 2. The average molecular weight is 486 g/mol. The van der Waals surface area contributed by atoms with E-state index in [1.807, 2.05) is 37.3 Å². The first-order valence-corrected chi connectivity index (χ1v) is 11.4. The highest BCUT2D eigenvalue weighted by Crippen LogP contribution is 2.26. The van der Waals surface area contributed by atoms with Crippen LogP contribution in [0.15, 0.2) is 84.4 Å². The van der Waals surface area contributed by atoms with Gasteiger partial charge in [-0.3, -0.25) is 24.6 Å². The first-order valence-electron chi connectivity index (χ1n) is 11.0. The van der Waals surface area contributed by atoms with Crippen molar-refractivity contribution in [2.24, 2.45) is 0 Å². The van der Waals surface area contributed by atoms with Crippen LogP contribution in [-0.2, 0) is 20.8 Å². The number of carbonyl (C=O) groups excluding carboxylic acids is 3. The van der Waals surface area contributed by atoms with Crippen LogP contribution in [0.25, 0.3) is 6.08 Å². The number of thiocarbonyl (C=S) groups is 1. The van der Waals surface area contributed by atoms with Gasteiger partial charge in [0, 0.05) is 11.3 Å². The van der Waals surface area contributed by atoms with Gasteiger partial charge in [0.1, 0.15) is 11.3 Å². The fourth-order valence-electron chi connectivity index (χ4n) is 3.52. The van der Waals surface area contributed by atoms with Gasteiger partial charge in [-0.2, -0.15) is 0 Å². The molecule has 35 heavy (non-hydrogen) atoms. The van der Waals surface area contributed by atoms with Crippen molar-refractivity contribution in [3.63, 3.8) is 0 Å². The molecule has 0 atom stereocenters. The van der Waals surface area contributed by atoms with Crippen molar-refractivity contribution in [3.05, 3.63) is 95.6 Å². The second kappa shape index (κ2) is 10.8. The first kappa shape index (κ1) is 23.8. The van der Waals surface area contributed by atoms with E-state index in [1.54, 1.807) is 48.5 Å². The number of rotatable bonds is 7. The summed E-state index contributed by atoms with van der Waals surface area (Å²) in [6.07, 6.45) is 2.30. The van der Waals surface area contributed by atoms with Crippen molar-refractivity contribution >= 4 is 52.5 Å². The maximum Gasteiger partial charge on any atom is 0.270 e. The molecule has 1 saturated heterocycles. The van der Waals surface area contributed by atoms with E-state index in [0.29, 0.717) is 22.7 Å². The van der Waals surface area contributed by atoms with Gasteiger partial charge in [0.05, 0.1) is 5.69 Å². The number of nitrogens with zero attached hydrogens (tertiary/aromatic N) is 1. The summed E-state index contributed by atoms with van der Waals surface area (Å²) in [4.78, 5) is 39.5. The zero-order valence-electron chi connectivity index (χ0n) is 19.0. The van der Waals surface area contributed by atoms with Gasteiger partial charge in [0.2, 0.25) is 0 Å². The lowest BCUT2D eigenvalue weighted by atomic mass is 10.1. The Bertz CT molecular complexity index is 1300. The standard InChI is InChI=1S/C27H23N3O4S/c1-2-18-12-14-21(15-13-18)30-26(33)22(25(32)29-27(30)35)16-19-8-6-7-11-23(19)34-17-24(31)28-20-9-4-3-5-10-20/h3-16H,2,17H2,1H3,(H,28,31)(H,29,32,35)/b22-16+. The van der Waals surface area contributed by atoms with E-state index in [4.69, 9.17) is 17.0 Å². The summed E-state index contributed by atoms with van der Waals surface area (Å²) in [7, 11) is 0. The summed E-state index contributed by atoms with van der Waals surface area (Å²) >= 11 is 5.27. The van der Waals surface area contributed by atoms with E-state index in [0.717, 1.165) is 12.0 Å². The van der Waals surface area contributed by atoms with Crippen LogP contribution >= 0.6 is 12.2 Å². The molecule has 7 nitrogen and oxygen atoms in total. The molecule has 1 aliphatic heterocycles. The van der Waals surface area contributed by atoms with Gasteiger partial charge in [0.25, 0.3) is 17.7 Å². The number of hydrogen-bond acceptors (Lipinski definition) is 5. The van der Waals surface area contributed by atoms with E-state index in [1.165, 1.54) is 11.0 Å². The lowest BCUT2D eigenvalue weighted by Gasteiger charge is -2.29. The normalized spacial score (nSPS) is 14.6. The van der Waals surface area contributed by atoms with E-state index >= 15 is 0 Å². The van der Waals surface area contributed by atoms with Crippen molar-refractivity contribution in [2.45, 2.75) is 13.3 Å². The average Bonchev–Trinajstić information content (AvgIpc) is 2.87. The first-order chi connectivity index (χ1) is 17.0. The predicted molar refractivity (Wildman–Crippen MR) is 139 cm³/mol. The number of aryl methyl sites for hydroxylation is 1. The fourth-order valence-corrected chi connectivity index (χ4v) is 3.80. The van der Waals surface area contributed by atoms with E-state index in [-0.39, 0.29) is 23.2 Å². The molecule has 0 unspecified atom stereocenters. The minimum absolute atomic E-state index is 0.0171. The maximum absolute atomic E-state index is 13.3. The molecule has 0 spiro atoms. The maximum atomic E-state index is 13.3. The topological polar surface area (TPSA) is 87.7 Å². The Morgan fingerprint density at radius 1 is 1.00 bits per heavy atom. The number of ether oxygens (including phenoxy) is 1. The van der Waals surface area contributed by atoms with Crippen LogP contribution in [0, 0.1) is 0 Å². The van der Waals surface area contributed by atoms with Crippen LogP contribution < -0.4 is 20.3 Å². The van der Waals surface area contributed by atoms with Crippen LogP contribution in [0.2, 0.25) is 0 Å². The molecule has 1 aliphatic rings. The number of para-hydroxylation sites is 2. The van der Waals surface area contributed by atoms with Gasteiger partial charge in [-0.15, -0.1) is 0 Å². The van der Waals surface area contributed by atoms with Crippen LogP contribution in [0.4, 0.5) is 11.4 Å². The van der Waals surface area contributed by atoms with Crippen LogP contribution in [0.5, 0.6) is 5.75 Å². The number of carbonyl (C=O) groups is 3. The largest absolute Gasteiger partial charge is 0.483 e. The molecule has 4 rings (SSSR count). The minimum atomic E-state index is -0.599. The summed E-state index contributed by atoms with van der Waals surface area (Å²) < 4.78 is 5.70. The number of benzene rings is 3. The summed E-state index contributed by atoms with van der Waals surface area (Å²) in [5.41, 5.74) is 2.72. The molecule has 0 aliphatic carbocycles. The molecule has 0 saturated carbocycles. The second-order valence-electron chi connectivity index (χ2n) is 7.72. The molecule has 1 heterocycles. The molecule has 3 aromatic carbocycles. The molecule has 3 aromatic rings. The fraction of sp³-hybridized carbons (Fsp3) is 0.111. The zero-order valence-corrected chi connectivity index (χ0v) is 19.8. The van der Waals surface area contributed by atoms with Crippen molar-refractivity contribution in [1.29, 1.82) is 0 Å². The summed E-state index contributed by atoms with van der Waals surface area (Å²) in [6.45, 7) is 1.80. The van der Waals surface area contributed by atoms with Crippen LogP contribution in [0.1, 0.15) is 18.1 Å². The smallest absolute Gasteiger partial charge is 0.270 e. The van der Waals surface area contributed by atoms with Gasteiger partial charge in [-0.1, -0.05) is 55.5 Å². The highest BCUT2D eigenvalue weighted by atomic mass is 32.1. The number of nitrogens with one attached hydrogen (secondary N) is 2. The van der Waals surface area contributed by atoms with Crippen molar-refractivity contribution < 1.29 is 19.1 Å². The molecule has 3 amide bonds. The molecule has 0 radical (unpaired) electrons. The molecule has 0 bridgehead atoms. The van der Waals surface area contributed by atoms with Crippen LogP contribution in [-0.4, -0.2) is 29.4 Å². The lowest BCUT2D eigenvalue weighted by molar-refractivity contribution is -0.122. The van der Waals surface area contributed by atoms with Crippen molar-refractivity contribution in [3.8, 4) is 5.75 Å². The summed E-state index contributed by atoms with van der Waals surface area (Å²) in [5.74, 6) is -1.12. The Balaban J connectivity index is 1.55. The Hall–Kier alpha value is -4.30. The third kappa shape index (κ3) is 5.62. The minimum Gasteiger partial charge on any atom is -0.483 e. The molecule has 8 heteroatoms.